The molecule has 0 radical (unpaired) electrons. The number of fused-ring (bicyclic) bond motifs is 2. The lowest BCUT2D eigenvalue weighted by Crippen LogP contribution is -2.45. The van der Waals surface area contributed by atoms with Crippen molar-refractivity contribution in [3.63, 3.8) is 0 Å². The predicted octanol–water partition coefficient (Wildman–Crippen LogP) is 3.34. The van der Waals surface area contributed by atoms with Gasteiger partial charge in [0.05, 0.1) is 5.92 Å². The van der Waals surface area contributed by atoms with Crippen LogP contribution in [0.4, 0.5) is 4.39 Å². The van der Waals surface area contributed by atoms with Crippen molar-refractivity contribution >= 4 is 34.2 Å². The number of rotatable bonds is 3. The van der Waals surface area contributed by atoms with Crippen molar-refractivity contribution in [3.8, 4) is 0 Å². The number of benzene rings is 1. The smallest absolute Gasteiger partial charge is 0.227 e. The van der Waals surface area contributed by atoms with Crippen LogP contribution in [0.2, 0.25) is 0 Å². The van der Waals surface area contributed by atoms with Gasteiger partial charge in [0.15, 0.2) is 0 Å². The van der Waals surface area contributed by atoms with E-state index in [0.717, 1.165) is 23.7 Å². The summed E-state index contributed by atoms with van der Waals surface area (Å²) >= 11 is 3.34. The molecule has 0 aromatic heterocycles. The van der Waals surface area contributed by atoms with Gasteiger partial charge < -0.3 is 10.6 Å². The number of hydrogen-bond donors (Lipinski definition) is 1. The van der Waals surface area contributed by atoms with Gasteiger partial charge in [-0.15, -0.1) is 12.4 Å². The molecular formula is C16H21BrClFN2O. The summed E-state index contributed by atoms with van der Waals surface area (Å²) in [6.07, 6.45) is 3.34. The summed E-state index contributed by atoms with van der Waals surface area (Å²) < 4.78 is 14.6. The van der Waals surface area contributed by atoms with Gasteiger partial charge in [-0.1, -0.05) is 15.9 Å². The summed E-state index contributed by atoms with van der Waals surface area (Å²) in [6, 6.07) is 4.78. The number of nitrogens with two attached hydrogens (primary N) is 1. The van der Waals surface area contributed by atoms with E-state index in [1.54, 1.807) is 24.1 Å². The Balaban J connectivity index is 0.00000176. The zero-order chi connectivity index (χ0) is 15.1. The van der Waals surface area contributed by atoms with Crippen LogP contribution in [0.15, 0.2) is 22.7 Å². The van der Waals surface area contributed by atoms with Crippen molar-refractivity contribution in [3.05, 3.63) is 34.1 Å². The topological polar surface area (TPSA) is 46.3 Å². The van der Waals surface area contributed by atoms with E-state index in [9.17, 15) is 9.18 Å². The average Bonchev–Trinajstić information content (AvgIpc) is 3.03. The van der Waals surface area contributed by atoms with Gasteiger partial charge >= 0.3 is 0 Å². The highest BCUT2D eigenvalue weighted by Gasteiger charge is 2.49. The number of carbonyl (C=O) groups is 1. The molecule has 1 amide bonds. The first-order valence-corrected chi connectivity index (χ1v) is 8.21. The summed E-state index contributed by atoms with van der Waals surface area (Å²) in [4.78, 5) is 14.3. The molecule has 0 heterocycles. The average molecular weight is 392 g/mol. The fourth-order valence-corrected chi connectivity index (χ4v) is 4.36. The monoisotopic (exact) mass is 390 g/mol. The first-order valence-electron chi connectivity index (χ1n) is 7.42. The minimum Gasteiger partial charge on any atom is -0.341 e. The molecular weight excluding hydrogens is 371 g/mol. The van der Waals surface area contributed by atoms with Crippen LogP contribution in [-0.2, 0) is 11.3 Å². The van der Waals surface area contributed by atoms with Gasteiger partial charge in [0.1, 0.15) is 5.82 Å². The minimum absolute atomic E-state index is 0. The minimum atomic E-state index is -0.282. The van der Waals surface area contributed by atoms with Crippen LogP contribution in [0, 0.1) is 23.6 Å². The molecule has 2 aliphatic rings. The molecule has 22 heavy (non-hydrogen) atoms. The third kappa shape index (κ3) is 3.17. The largest absolute Gasteiger partial charge is 0.341 e. The molecule has 1 aromatic carbocycles. The first kappa shape index (κ1) is 17.7. The summed E-state index contributed by atoms with van der Waals surface area (Å²) in [7, 11) is 1.74. The highest BCUT2D eigenvalue weighted by atomic mass is 79.9. The molecule has 6 heteroatoms. The maximum atomic E-state index is 13.8. The van der Waals surface area contributed by atoms with Crippen LogP contribution in [-0.4, -0.2) is 23.9 Å². The first-order chi connectivity index (χ1) is 9.97. The Bertz CT molecular complexity index is 569. The van der Waals surface area contributed by atoms with Crippen LogP contribution in [0.5, 0.6) is 0 Å². The second-order valence-electron chi connectivity index (χ2n) is 6.37. The molecule has 0 aliphatic heterocycles. The van der Waals surface area contributed by atoms with Crippen molar-refractivity contribution in [2.45, 2.75) is 31.8 Å². The zero-order valence-electron chi connectivity index (χ0n) is 12.5. The van der Waals surface area contributed by atoms with E-state index >= 15 is 0 Å². The highest BCUT2D eigenvalue weighted by Crippen LogP contribution is 2.48. The van der Waals surface area contributed by atoms with Crippen LogP contribution in [0.3, 0.4) is 0 Å². The van der Waals surface area contributed by atoms with Crippen molar-refractivity contribution in [2.75, 3.05) is 7.05 Å². The molecule has 4 atom stereocenters. The Morgan fingerprint density at radius 2 is 2.09 bits per heavy atom. The van der Waals surface area contributed by atoms with E-state index in [1.165, 1.54) is 6.07 Å². The Hall–Kier alpha value is -0.650. The van der Waals surface area contributed by atoms with E-state index in [-0.39, 0.29) is 42.6 Å². The van der Waals surface area contributed by atoms with Gasteiger partial charge in [-0.05, 0) is 49.3 Å². The van der Waals surface area contributed by atoms with Crippen LogP contribution < -0.4 is 5.73 Å². The Morgan fingerprint density at radius 1 is 1.41 bits per heavy atom. The van der Waals surface area contributed by atoms with Gasteiger partial charge in [-0.3, -0.25) is 4.79 Å². The molecule has 2 aliphatic carbocycles. The van der Waals surface area contributed by atoms with E-state index in [1.807, 2.05) is 0 Å². The highest BCUT2D eigenvalue weighted by molar-refractivity contribution is 9.10. The number of amides is 1. The summed E-state index contributed by atoms with van der Waals surface area (Å²) in [5, 5.41) is 0. The standard InChI is InChI=1S/C16H20BrFN2O.ClH/c1-20(8-11-7-12(17)4-5-13(11)18)16(21)14-9-2-3-10(6-9)15(14)19;/h4-5,7,9-10,14-15H,2-3,6,8,19H2,1H3;1H. The second kappa shape index (κ2) is 6.85. The molecule has 2 saturated carbocycles. The van der Waals surface area contributed by atoms with Gasteiger partial charge in [0, 0.05) is 29.7 Å². The Kier molecular flexibility index (Phi) is 5.51. The van der Waals surface area contributed by atoms with Gasteiger partial charge in [0.2, 0.25) is 5.91 Å². The lowest BCUT2D eigenvalue weighted by atomic mass is 9.84. The third-order valence-electron chi connectivity index (χ3n) is 5.06. The molecule has 2 bridgehead atoms. The van der Waals surface area contributed by atoms with Gasteiger partial charge in [0.25, 0.3) is 0 Å². The molecule has 2 N–H and O–H groups in total. The molecule has 4 unspecified atom stereocenters. The summed E-state index contributed by atoms with van der Waals surface area (Å²) in [5.74, 6) is 0.625. The van der Waals surface area contributed by atoms with E-state index in [0.29, 0.717) is 17.4 Å². The predicted molar refractivity (Wildman–Crippen MR) is 90.1 cm³/mol. The maximum absolute atomic E-state index is 13.8. The molecule has 3 nitrogen and oxygen atoms in total. The van der Waals surface area contributed by atoms with Crippen molar-refractivity contribution in [2.24, 2.45) is 23.5 Å². The summed E-state index contributed by atoms with van der Waals surface area (Å²) in [6.45, 7) is 0.282. The van der Waals surface area contributed by atoms with E-state index in [4.69, 9.17) is 5.73 Å². The number of hydrogen-bond acceptors (Lipinski definition) is 2. The zero-order valence-corrected chi connectivity index (χ0v) is 14.9. The Morgan fingerprint density at radius 3 is 2.73 bits per heavy atom. The van der Waals surface area contributed by atoms with Crippen molar-refractivity contribution in [1.29, 1.82) is 0 Å². The molecule has 122 valence electrons. The van der Waals surface area contributed by atoms with Gasteiger partial charge in [-0.25, -0.2) is 4.39 Å². The SMILES string of the molecule is CN(Cc1cc(Br)ccc1F)C(=O)C1C2CCC(C2)C1N.Cl. The quantitative estimate of drug-likeness (QED) is 0.859. The summed E-state index contributed by atoms with van der Waals surface area (Å²) in [5.41, 5.74) is 6.75. The number of nitrogens with zero attached hydrogens (tertiary/aromatic N) is 1. The Labute approximate surface area is 145 Å². The third-order valence-corrected chi connectivity index (χ3v) is 5.55. The van der Waals surface area contributed by atoms with Crippen LogP contribution in [0.1, 0.15) is 24.8 Å². The fourth-order valence-electron chi connectivity index (χ4n) is 3.95. The molecule has 0 spiro atoms. The number of carbonyl (C=O) groups excluding carboxylic acids is 1. The van der Waals surface area contributed by atoms with E-state index in [2.05, 4.69) is 15.9 Å². The van der Waals surface area contributed by atoms with Crippen molar-refractivity contribution < 1.29 is 9.18 Å². The molecule has 0 saturated heterocycles. The second-order valence-corrected chi connectivity index (χ2v) is 7.28. The molecule has 2 fully saturated rings. The molecule has 3 rings (SSSR count). The fraction of sp³-hybridized carbons (Fsp3) is 0.562. The maximum Gasteiger partial charge on any atom is 0.227 e. The lowest BCUT2D eigenvalue weighted by molar-refractivity contribution is -0.137. The van der Waals surface area contributed by atoms with Gasteiger partial charge in [-0.2, -0.15) is 0 Å². The number of halogens is 3. The molecule has 1 aromatic rings. The lowest BCUT2D eigenvalue weighted by Gasteiger charge is -2.31. The van der Waals surface area contributed by atoms with Crippen LogP contribution >= 0.6 is 28.3 Å². The normalized spacial score (nSPS) is 29.3. The van der Waals surface area contributed by atoms with Crippen LogP contribution in [0.25, 0.3) is 0 Å². The van der Waals surface area contributed by atoms with E-state index < -0.39 is 0 Å². The van der Waals surface area contributed by atoms with Crippen molar-refractivity contribution in [1.82, 2.24) is 4.90 Å².